The molecule has 0 aromatic carbocycles. The maximum absolute atomic E-state index is 11.3. The average molecular weight is 287 g/mol. The number of amides is 1. The van der Waals surface area contributed by atoms with Gasteiger partial charge in [0, 0.05) is 13.7 Å². The van der Waals surface area contributed by atoms with Crippen molar-refractivity contribution >= 4 is 23.3 Å². The van der Waals surface area contributed by atoms with Crippen LogP contribution < -0.4 is 11.1 Å². The molecule has 1 rings (SSSR count). The topological polar surface area (TPSA) is 90.1 Å². The first-order valence-corrected chi connectivity index (χ1v) is 6.23. The van der Waals surface area contributed by atoms with Gasteiger partial charge in [-0.15, -0.1) is 10.2 Å². The summed E-state index contributed by atoms with van der Waals surface area (Å²) in [5.74, 6) is -0.299. The van der Waals surface area contributed by atoms with Crippen molar-refractivity contribution in [1.29, 1.82) is 0 Å². The molecule has 0 aliphatic carbocycles. The second kappa shape index (κ2) is 6.16. The van der Waals surface area contributed by atoms with Crippen molar-refractivity contribution in [3.63, 3.8) is 0 Å². The number of carbonyl (C=O) groups is 1. The third-order valence-electron chi connectivity index (χ3n) is 2.73. The van der Waals surface area contributed by atoms with Gasteiger partial charge in [0.1, 0.15) is 0 Å². The third-order valence-corrected chi connectivity index (χ3v) is 2.92. The van der Waals surface area contributed by atoms with Crippen molar-refractivity contribution in [2.24, 2.45) is 11.1 Å². The number of hydrogen-bond donors (Lipinski definition) is 2. The van der Waals surface area contributed by atoms with Gasteiger partial charge in [-0.1, -0.05) is 32.4 Å². The summed E-state index contributed by atoms with van der Waals surface area (Å²) in [5.41, 5.74) is 5.44. The fourth-order valence-corrected chi connectivity index (χ4v) is 1.77. The van der Waals surface area contributed by atoms with Gasteiger partial charge in [0.05, 0.1) is 11.7 Å². The van der Waals surface area contributed by atoms with Crippen LogP contribution >= 0.6 is 11.6 Å². The van der Waals surface area contributed by atoms with E-state index in [1.54, 1.807) is 7.11 Å². The predicted octanol–water partition coefficient (Wildman–Crippen LogP) is 1.70. The van der Waals surface area contributed by atoms with Crippen molar-refractivity contribution in [3.8, 4) is 0 Å². The first-order valence-electron chi connectivity index (χ1n) is 5.85. The van der Waals surface area contributed by atoms with Crippen molar-refractivity contribution in [2.75, 3.05) is 19.0 Å². The standard InChI is InChI=1S/C12H19ClN4O2/c1-12(2,3)8(19-4)6-15-11-7(10(14)18)5-9(13)16-17-11/h5,8H,6H2,1-4H3,(H2,14,18)(H,15,17). The second-order valence-corrected chi connectivity index (χ2v) is 5.65. The molecular weight excluding hydrogens is 268 g/mol. The summed E-state index contributed by atoms with van der Waals surface area (Å²) in [6.45, 7) is 6.67. The number of nitrogens with two attached hydrogens (primary N) is 1. The molecule has 3 N–H and O–H groups in total. The van der Waals surface area contributed by atoms with E-state index in [2.05, 4.69) is 36.3 Å². The van der Waals surface area contributed by atoms with Crippen LogP contribution in [0.25, 0.3) is 0 Å². The molecule has 19 heavy (non-hydrogen) atoms. The van der Waals surface area contributed by atoms with Gasteiger partial charge in [-0.3, -0.25) is 4.79 Å². The molecule has 0 fully saturated rings. The Morgan fingerprint density at radius 1 is 1.53 bits per heavy atom. The molecule has 1 aromatic rings. The van der Waals surface area contributed by atoms with E-state index in [-0.39, 0.29) is 22.2 Å². The zero-order valence-electron chi connectivity index (χ0n) is 11.5. The lowest BCUT2D eigenvalue weighted by Gasteiger charge is -2.29. The van der Waals surface area contributed by atoms with Crippen LogP contribution in [0.3, 0.4) is 0 Å². The molecule has 7 heteroatoms. The summed E-state index contributed by atoms with van der Waals surface area (Å²) in [7, 11) is 1.64. The molecule has 0 aliphatic rings. The highest BCUT2D eigenvalue weighted by Gasteiger charge is 2.24. The molecule has 1 aromatic heterocycles. The van der Waals surface area contributed by atoms with E-state index in [1.807, 2.05) is 0 Å². The Labute approximate surface area is 117 Å². The van der Waals surface area contributed by atoms with Gasteiger partial charge in [-0.05, 0) is 11.5 Å². The van der Waals surface area contributed by atoms with Crippen LogP contribution in [0.2, 0.25) is 5.15 Å². The first-order chi connectivity index (χ1) is 8.75. The van der Waals surface area contributed by atoms with Gasteiger partial charge in [-0.2, -0.15) is 0 Å². The van der Waals surface area contributed by atoms with Crippen molar-refractivity contribution < 1.29 is 9.53 Å². The Hall–Kier alpha value is -1.40. The Kier molecular flexibility index (Phi) is 5.08. The molecule has 6 nitrogen and oxygen atoms in total. The van der Waals surface area contributed by atoms with Crippen molar-refractivity contribution in [2.45, 2.75) is 26.9 Å². The molecule has 0 spiro atoms. The zero-order valence-corrected chi connectivity index (χ0v) is 12.3. The van der Waals surface area contributed by atoms with Crippen LogP contribution in [0.4, 0.5) is 5.82 Å². The van der Waals surface area contributed by atoms with Crippen molar-refractivity contribution in [1.82, 2.24) is 10.2 Å². The first kappa shape index (κ1) is 15.7. The summed E-state index contributed by atoms with van der Waals surface area (Å²) in [5, 5.41) is 10.7. The number of primary amides is 1. The smallest absolute Gasteiger partial charge is 0.252 e. The molecule has 106 valence electrons. The average Bonchev–Trinajstić information content (AvgIpc) is 2.29. The number of nitrogens with zero attached hydrogens (tertiary/aromatic N) is 2. The quantitative estimate of drug-likeness (QED) is 0.860. The fraction of sp³-hybridized carbons (Fsp3) is 0.583. The summed E-state index contributed by atoms with van der Waals surface area (Å²) in [6.07, 6.45) is -0.0503. The van der Waals surface area contributed by atoms with Gasteiger partial charge >= 0.3 is 0 Å². The summed E-state index contributed by atoms with van der Waals surface area (Å²) >= 11 is 5.69. The van der Waals surface area contributed by atoms with E-state index in [1.165, 1.54) is 6.07 Å². The molecule has 0 saturated carbocycles. The second-order valence-electron chi connectivity index (χ2n) is 5.26. The van der Waals surface area contributed by atoms with Crippen LogP contribution in [0, 0.1) is 5.41 Å². The fourth-order valence-electron chi connectivity index (χ4n) is 1.62. The van der Waals surface area contributed by atoms with Crippen LogP contribution in [-0.4, -0.2) is 35.9 Å². The summed E-state index contributed by atoms with van der Waals surface area (Å²) < 4.78 is 5.41. The molecule has 1 heterocycles. The summed E-state index contributed by atoms with van der Waals surface area (Å²) in [6, 6.07) is 1.39. The van der Waals surface area contributed by atoms with Crippen molar-refractivity contribution in [3.05, 3.63) is 16.8 Å². The van der Waals surface area contributed by atoms with Gasteiger partial charge in [0.2, 0.25) is 0 Å². The number of anilines is 1. The van der Waals surface area contributed by atoms with Crippen LogP contribution in [0.1, 0.15) is 31.1 Å². The van der Waals surface area contributed by atoms with E-state index in [0.717, 1.165) is 0 Å². The Morgan fingerprint density at radius 3 is 2.63 bits per heavy atom. The summed E-state index contributed by atoms with van der Waals surface area (Å²) in [4.78, 5) is 11.3. The SMILES string of the molecule is COC(CNc1nnc(Cl)cc1C(N)=O)C(C)(C)C. The number of halogens is 1. The number of hydrogen-bond acceptors (Lipinski definition) is 5. The lowest BCUT2D eigenvalue weighted by Crippen LogP contribution is -2.35. The number of rotatable bonds is 5. The molecule has 1 unspecified atom stereocenters. The van der Waals surface area contributed by atoms with Gasteiger partial charge in [0.15, 0.2) is 11.0 Å². The van der Waals surface area contributed by atoms with Crippen LogP contribution in [-0.2, 0) is 4.74 Å². The minimum atomic E-state index is -0.607. The molecule has 1 amide bonds. The van der Waals surface area contributed by atoms with E-state index in [4.69, 9.17) is 22.1 Å². The maximum atomic E-state index is 11.3. The monoisotopic (exact) mass is 286 g/mol. The number of aromatic nitrogens is 2. The van der Waals surface area contributed by atoms with E-state index < -0.39 is 5.91 Å². The number of ether oxygens (including phenoxy) is 1. The minimum absolute atomic E-state index is 0.0471. The molecule has 0 aliphatic heterocycles. The predicted molar refractivity (Wildman–Crippen MR) is 74.3 cm³/mol. The highest BCUT2D eigenvalue weighted by molar-refractivity contribution is 6.29. The van der Waals surface area contributed by atoms with Crippen LogP contribution in [0.15, 0.2) is 6.07 Å². The number of nitrogens with one attached hydrogen (secondary N) is 1. The van der Waals surface area contributed by atoms with Gasteiger partial charge in [0.25, 0.3) is 5.91 Å². The molecule has 1 atom stereocenters. The largest absolute Gasteiger partial charge is 0.379 e. The molecule has 0 bridgehead atoms. The molecule has 0 saturated heterocycles. The third kappa shape index (κ3) is 4.33. The van der Waals surface area contributed by atoms with Crippen LogP contribution in [0.5, 0.6) is 0 Å². The number of methoxy groups -OCH3 is 1. The Morgan fingerprint density at radius 2 is 2.16 bits per heavy atom. The van der Waals surface area contributed by atoms with E-state index in [0.29, 0.717) is 12.4 Å². The molecular formula is C12H19ClN4O2. The normalized spacial score (nSPS) is 13.1. The molecule has 0 radical (unpaired) electrons. The van der Waals surface area contributed by atoms with E-state index in [9.17, 15) is 4.79 Å². The maximum Gasteiger partial charge on any atom is 0.252 e. The van der Waals surface area contributed by atoms with Gasteiger partial charge in [-0.25, -0.2) is 0 Å². The van der Waals surface area contributed by atoms with E-state index >= 15 is 0 Å². The lowest BCUT2D eigenvalue weighted by atomic mass is 9.89. The number of carbonyl (C=O) groups excluding carboxylic acids is 1. The Bertz CT molecular complexity index is 460. The zero-order chi connectivity index (χ0) is 14.6. The van der Waals surface area contributed by atoms with Gasteiger partial charge < -0.3 is 15.8 Å². The highest BCUT2D eigenvalue weighted by atomic mass is 35.5. The highest BCUT2D eigenvalue weighted by Crippen LogP contribution is 2.22. The Balaban J connectivity index is 2.86. The minimum Gasteiger partial charge on any atom is -0.379 e. The lowest BCUT2D eigenvalue weighted by molar-refractivity contribution is 0.0268.